The maximum atomic E-state index is 6.47. The van der Waals surface area contributed by atoms with Crippen molar-refractivity contribution in [1.82, 2.24) is 20.3 Å². The number of hydrogen-bond acceptors (Lipinski definition) is 4. The van der Waals surface area contributed by atoms with Crippen LogP contribution in [0.3, 0.4) is 0 Å². The van der Waals surface area contributed by atoms with Gasteiger partial charge in [-0.25, -0.2) is 4.68 Å². The highest BCUT2D eigenvalue weighted by Gasteiger charge is 2.26. The molecule has 0 fully saturated rings. The first-order chi connectivity index (χ1) is 15.5. The third-order valence-corrected chi connectivity index (χ3v) is 6.80. The third-order valence-electron chi connectivity index (χ3n) is 6.58. The Morgan fingerprint density at radius 1 is 1.19 bits per heavy atom. The van der Waals surface area contributed by atoms with Gasteiger partial charge in [0, 0.05) is 29.4 Å². The van der Waals surface area contributed by atoms with Gasteiger partial charge < -0.3 is 10.6 Å². The fraction of sp³-hybridized carbons (Fsp3) is 0.385. The molecule has 2 aliphatic rings. The number of aryl methyl sites for hydroxylation is 2. The van der Waals surface area contributed by atoms with Gasteiger partial charge in [-0.15, -0.1) is 5.10 Å². The fourth-order valence-electron chi connectivity index (χ4n) is 4.83. The van der Waals surface area contributed by atoms with Gasteiger partial charge in [-0.2, -0.15) is 0 Å². The minimum Gasteiger partial charge on any atom is -0.378 e. The maximum Gasteiger partial charge on any atom is 0.0918 e. The van der Waals surface area contributed by atoms with Crippen LogP contribution < -0.4 is 10.6 Å². The number of hydrogen-bond donors (Lipinski definition) is 2. The topological polar surface area (TPSA) is 54.8 Å². The summed E-state index contributed by atoms with van der Waals surface area (Å²) in [5.74, 6) is 0.424. The molecular weight excluding hydrogens is 418 g/mol. The average molecular weight is 448 g/mol. The van der Waals surface area contributed by atoms with Crippen LogP contribution in [0.25, 0.3) is 16.8 Å². The monoisotopic (exact) mass is 447 g/mol. The van der Waals surface area contributed by atoms with E-state index in [-0.39, 0.29) is 6.04 Å². The lowest BCUT2D eigenvalue weighted by molar-refractivity contribution is 0.539. The fourth-order valence-corrected chi connectivity index (χ4v) is 5.07. The van der Waals surface area contributed by atoms with Crippen LogP contribution in [0.4, 0.5) is 5.69 Å². The van der Waals surface area contributed by atoms with Gasteiger partial charge in [0.2, 0.25) is 0 Å². The maximum absolute atomic E-state index is 6.47. The van der Waals surface area contributed by atoms with Crippen LogP contribution in [0.1, 0.15) is 61.0 Å². The molecular formula is C26H30ClN5. The van der Waals surface area contributed by atoms with Crippen molar-refractivity contribution in [1.29, 1.82) is 0 Å². The van der Waals surface area contributed by atoms with Crippen molar-refractivity contribution >= 4 is 22.9 Å². The van der Waals surface area contributed by atoms with E-state index in [0.717, 1.165) is 54.6 Å². The molecule has 6 heteroatoms. The molecule has 1 aromatic heterocycles. The normalized spacial score (nSPS) is 18.0. The summed E-state index contributed by atoms with van der Waals surface area (Å²) in [7, 11) is 0. The highest BCUT2D eigenvalue weighted by Crippen LogP contribution is 2.39. The molecule has 0 spiro atoms. The molecule has 1 atom stereocenters. The quantitative estimate of drug-likeness (QED) is 0.517. The SMILES string of the molecule is Cc1nnn2c1-c1ccc(C3=CCNCC3)cc1C(Nc1cc(Cl)cc(C(C)C)c1)CC2. The molecule has 0 radical (unpaired) electrons. The Bertz CT molecular complexity index is 1180. The molecule has 0 amide bonds. The van der Waals surface area contributed by atoms with Crippen LogP contribution in [0.2, 0.25) is 5.02 Å². The lowest BCUT2D eigenvalue weighted by Crippen LogP contribution is -2.20. The number of anilines is 1. The van der Waals surface area contributed by atoms with Gasteiger partial charge in [0.05, 0.1) is 17.4 Å². The molecule has 2 N–H and O–H groups in total. The van der Waals surface area contributed by atoms with Crippen LogP contribution in [-0.4, -0.2) is 28.1 Å². The molecule has 0 aliphatic carbocycles. The Morgan fingerprint density at radius 2 is 2.06 bits per heavy atom. The Kier molecular flexibility index (Phi) is 5.78. The molecule has 2 aliphatic heterocycles. The Balaban J connectivity index is 1.59. The van der Waals surface area contributed by atoms with Crippen molar-refractivity contribution in [2.24, 2.45) is 0 Å². The highest BCUT2D eigenvalue weighted by molar-refractivity contribution is 6.30. The summed E-state index contributed by atoms with van der Waals surface area (Å²) in [5, 5.41) is 16.8. The zero-order chi connectivity index (χ0) is 22.2. The van der Waals surface area contributed by atoms with Crippen LogP contribution >= 0.6 is 11.6 Å². The lowest BCUT2D eigenvalue weighted by atomic mass is 9.90. The number of halogens is 1. The molecule has 3 heterocycles. The Labute approximate surface area is 194 Å². The average Bonchev–Trinajstić information content (AvgIpc) is 3.08. The van der Waals surface area contributed by atoms with E-state index in [1.54, 1.807) is 0 Å². The zero-order valence-electron chi connectivity index (χ0n) is 19.0. The second-order valence-corrected chi connectivity index (χ2v) is 9.58. The molecule has 32 heavy (non-hydrogen) atoms. The van der Waals surface area contributed by atoms with Crippen molar-refractivity contribution in [3.05, 3.63) is 69.9 Å². The molecule has 2 aromatic carbocycles. The molecule has 5 nitrogen and oxygen atoms in total. The van der Waals surface area contributed by atoms with E-state index in [4.69, 9.17) is 11.6 Å². The predicted octanol–water partition coefficient (Wildman–Crippen LogP) is 5.96. The summed E-state index contributed by atoms with van der Waals surface area (Å²) >= 11 is 6.47. The molecule has 1 unspecified atom stereocenters. The number of aromatic nitrogens is 3. The smallest absolute Gasteiger partial charge is 0.0918 e. The second kappa shape index (κ2) is 8.72. The summed E-state index contributed by atoms with van der Waals surface area (Å²) in [5.41, 5.74) is 9.67. The van der Waals surface area contributed by atoms with E-state index in [0.29, 0.717) is 5.92 Å². The molecule has 166 valence electrons. The minimum atomic E-state index is 0.159. The first kappa shape index (κ1) is 21.2. The molecule has 5 rings (SSSR count). The number of rotatable bonds is 4. The zero-order valence-corrected chi connectivity index (χ0v) is 19.7. The van der Waals surface area contributed by atoms with Gasteiger partial charge in [-0.1, -0.05) is 48.9 Å². The van der Waals surface area contributed by atoms with E-state index >= 15 is 0 Å². The van der Waals surface area contributed by atoms with E-state index < -0.39 is 0 Å². The molecule has 0 bridgehead atoms. The minimum absolute atomic E-state index is 0.159. The van der Waals surface area contributed by atoms with E-state index in [1.165, 1.54) is 27.8 Å². The van der Waals surface area contributed by atoms with Crippen molar-refractivity contribution in [3.8, 4) is 11.3 Å². The van der Waals surface area contributed by atoms with Crippen molar-refractivity contribution in [2.75, 3.05) is 18.4 Å². The number of fused-ring (bicyclic) bond motifs is 3. The van der Waals surface area contributed by atoms with Crippen molar-refractivity contribution in [2.45, 2.75) is 52.1 Å². The number of nitrogens with one attached hydrogen (secondary N) is 2. The van der Waals surface area contributed by atoms with E-state index in [2.05, 4.69) is 75.9 Å². The van der Waals surface area contributed by atoms with Crippen LogP contribution in [0.15, 0.2) is 42.5 Å². The van der Waals surface area contributed by atoms with Gasteiger partial charge in [0.25, 0.3) is 0 Å². The summed E-state index contributed by atoms with van der Waals surface area (Å²) < 4.78 is 2.05. The summed E-state index contributed by atoms with van der Waals surface area (Å²) in [6.45, 7) is 9.23. The predicted molar refractivity (Wildman–Crippen MR) is 132 cm³/mol. The third kappa shape index (κ3) is 4.07. The molecule has 0 saturated carbocycles. The standard InChI is InChI=1S/C26H30ClN5/c1-16(2)20-12-21(27)15-22(13-20)29-25-8-11-32-26(17(3)30-31-32)23-5-4-19(14-24(23)25)18-6-9-28-10-7-18/h4-6,12-16,25,28-29H,7-11H2,1-3H3. The summed E-state index contributed by atoms with van der Waals surface area (Å²) in [6.07, 6.45) is 4.30. The lowest BCUT2D eigenvalue weighted by Gasteiger charge is -2.23. The van der Waals surface area contributed by atoms with Gasteiger partial charge in [0.1, 0.15) is 0 Å². The van der Waals surface area contributed by atoms with Crippen LogP contribution in [-0.2, 0) is 6.54 Å². The second-order valence-electron chi connectivity index (χ2n) is 9.15. The summed E-state index contributed by atoms with van der Waals surface area (Å²) in [4.78, 5) is 0. The molecule has 0 saturated heterocycles. The first-order valence-corrected chi connectivity index (χ1v) is 11.9. The van der Waals surface area contributed by atoms with Crippen molar-refractivity contribution in [3.63, 3.8) is 0 Å². The number of benzene rings is 2. The molecule has 3 aromatic rings. The van der Waals surface area contributed by atoms with Gasteiger partial charge in [-0.05, 0) is 78.8 Å². The van der Waals surface area contributed by atoms with Crippen molar-refractivity contribution < 1.29 is 0 Å². The summed E-state index contributed by atoms with van der Waals surface area (Å²) in [6, 6.07) is 13.4. The van der Waals surface area contributed by atoms with Crippen LogP contribution in [0, 0.1) is 6.92 Å². The largest absolute Gasteiger partial charge is 0.378 e. The first-order valence-electron chi connectivity index (χ1n) is 11.5. The van der Waals surface area contributed by atoms with Gasteiger partial charge in [-0.3, -0.25) is 0 Å². The Hall–Kier alpha value is -2.63. The highest BCUT2D eigenvalue weighted by atomic mass is 35.5. The number of nitrogens with zero attached hydrogens (tertiary/aromatic N) is 3. The van der Waals surface area contributed by atoms with Gasteiger partial charge in [0.15, 0.2) is 0 Å². The van der Waals surface area contributed by atoms with Gasteiger partial charge >= 0.3 is 0 Å². The Morgan fingerprint density at radius 3 is 2.84 bits per heavy atom. The van der Waals surface area contributed by atoms with E-state index in [1.807, 2.05) is 13.0 Å². The van der Waals surface area contributed by atoms with Crippen LogP contribution in [0.5, 0.6) is 0 Å². The van der Waals surface area contributed by atoms with E-state index in [9.17, 15) is 0 Å².